The highest BCUT2D eigenvalue weighted by molar-refractivity contribution is 8.18. The second kappa shape index (κ2) is 8.96. The lowest BCUT2D eigenvalue weighted by atomic mass is 9.88. The molecular weight excluding hydrogens is 470 g/mol. The highest BCUT2D eigenvalue weighted by atomic mass is 35.5. The van der Waals surface area contributed by atoms with E-state index in [0.29, 0.717) is 16.3 Å². The number of imide groups is 1. The maximum Gasteiger partial charge on any atom is 0.294 e. The Bertz CT molecular complexity index is 1260. The molecule has 1 N–H and O–H groups in total. The lowest BCUT2D eigenvalue weighted by Crippen LogP contribution is -2.42. The molecular formula is C26H26ClN3O3S. The quantitative estimate of drug-likeness (QED) is 0.530. The van der Waals surface area contributed by atoms with Crippen molar-refractivity contribution in [3.8, 4) is 0 Å². The van der Waals surface area contributed by atoms with Gasteiger partial charge in [0.2, 0.25) is 5.91 Å². The van der Waals surface area contributed by atoms with E-state index >= 15 is 0 Å². The van der Waals surface area contributed by atoms with Gasteiger partial charge in [-0.25, -0.2) is 0 Å². The van der Waals surface area contributed by atoms with Crippen molar-refractivity contribution in [2.75, 3.05) is 23.8 Å². The van der Waals surface area contributed by atoms with Crippen LogP contribution in [0.15, 0.2) is 47.4 Å². The van der Waals surface area contributed by atoms with Gasteiger partial charge >= 0.3 is 0 Å². The number of aryl methyl sites for hydroxylation is 1. The SMILES string of the molecule is CC1=CC(C)(C)N(C)c2cc(Cl)c(/C=C3\SC(=O)N(CC(=O)Nc4ccc(C)cc4)C3=O)cc21. The summed E-state index contributed by atoms with van der Waals surface area (Å²) in [6.45, 7) is 7.91. The number of benzene rings is 2. The summed E-state index contributed by atoms with van der Waals surface area (Å²) in [5.74, 6) is -0.945. The molecule has 2 aliphatic heterocycles. The average molecular weight is 496 g/mol. The highest BCUT2D eigenvalue weighted by Crippen LogP contribution is 2.42. The first-order chi connectivity index (χ1) is 16.0. The molecule has 0 bridgehead atoms. The monoisotopic (exact) mass is 495 g/mol. The first-order valence-electron chi connectivity index (χ1n) is 10.9. The molecule has 34 heavy (non-hydrogen) atoms. The summed E-state index contributed by atoms with van der Waals surface area (Å²) in [4.78, 5) is 41.2. The van der Waals surface area contributed by atoms with E-state index in [4.69, 9.17) is 11.6 Å². The van der Waals surface area contributed by atoms with Gasteiger partial charge in [-0.05, 0) is 80.9 Å². The van der Waals surface area contributed by atoms with E-state index in [0.717, 1.165) is 39.0 Å². The van der Waals surface area contributed by atoms with Crippen molar-refractivity contribution in [1.82, 2.24) is 4.90 Å². The van der Waals surface area contributed by atoms with Crippen molar-refractivity contribution in [3.05, 3.63) is 69.1 Å². The Labute approximate surface area is 208 Å². The normalized spacial score (nSPS) is 18.3. The molecule has 3 amide bonds. The smallest absolute Gasteiger partial charge is 0.294 e. The zero-order chi connectivity index (χ0) is 24.8. The van der Waals surface area contributed by atoms with Crippen LogP contribution in [0.3, 0.4) is 0 Å². The Kier molecular flexibility index (Phi) is 6.36. The fourth-order valence-corrected chi connectivity index (χ4v) is 5.10. The van der Waals surface area contributed by atoms with Crippen molar-refractivity contribution >= 4 is 63.4 Å². The largest absolute Gasteiger partial charge is 0.365 e. The first-order valence-corrected chi connectivity index (χ1v) is 12.0. The minimum Gasteiger partial charge on any atom is -0.365 e. The number of nitrogens with zero attached hydrogens (tertiary/aromatic N) is 2. The summed E-state index contributed by atoms with van der Waals surface area (Å²) < 4.78 is 0. The second-order valence-electron chi connectivity index (χ2n) is 9.11. The minimum absolute atomic E-state index is 0.149. The number of anilines is 2. The molecule has 0 atom stereocenters. The van der Waals surface area contributed by atoms with Crippen LogP contribution >= 0.6 is 23.4 Å². The molecule has 0 spiro atoms. The lowest BCUT2D eigenvalue weighted by Gasteiger charge is -2.40. The van der Waals surface area contributed by atoms with Crippen LogP contribution < -0.4 is 10.2 Å². The first kappa shape index (κ1) is 24.1. The molecule has 6 nitrogen and oxygen atoms in total. The number of fused-ring (bicyclic) bond motifs is 1. The number of likely N-dealkylation sites (N-methyl/N-ethyl adjacent to an activating group) is 1. The number of carbonyl (C=O) groups excluding carboxylic acids is 3. The van der Waals surface area contributed by atoms with Crippen LogP contribution in [0.25, 0.3) is 11.6 Å². The molecule has 0 saturated carbocycles. The molecule has 0 unspecified atom stereocenters. The standard InChI is InChI=1S/C26H26ClN3O3S/c1-15-6-8-18(9-7-15)28-23(31)14-30-24(32)22(34-25(30)33)11-17-10-19-16(2)13-26(3,4)29(5)21(19)12-20(17)27/h6-13H,14H2,1-5H3,(H,28,31)/b22-11-. The Morgan fingerprint density at radius 3 is 2.50 bits per heavy atom. The number of allylic oxidation sites excluding steroid dienone is 1. The predicted octanol–water partition coefficient (Wildman–Crippen LogP) is 5.96. The maximum absolute atomic E-state index is 12.9. The molecule has 2 aromatic carbocycles. The van der Waals surface area contributed by atoms with Gasteiger partial charge in [0.05, 0.1) is 10.4 Å². The molecule has 0 aromatic heterocycles. The fraction of sp³-hybridized carbons (Fsp3) is 0.269. The van der Waals surface area contributed by atoms with Crippen LogP contribution in [-0.4, -0.2) is 41.1 Å². The Hall–Kier alpha value is -3.03. The summed E-state index contributed by atoms with van der Waals surface area (Å²) in [5, 5.41) is 2.72. The molecule has 4 rings (SSSR count). The number of carbonyl (C=O) groups is 3. The fourth-order valence-electron chi connectivity index (χ4n) is 4.06. The topological polar surface area (TPSA) is 69.7 Å². The highest BCUT2D eigenvalue weighted by Gasteiger charge is 2.37. The molecule has 1 fully saturated rings. The number of hydrogen-bond donors (Lipinski definition) is 1. The van der Waals surface area contributed by atoms with E-state index in [1.165, 1.54) is 0 Å². The molecule has 176 valence electrons. The third kappa shape index (κ3) is 4.63. The zero-order valence-electron chi connectivity index (χ0n) is 19.7. The number of amides is 3. The van der Waals surface area contributed by atoms with E-state index in [1.807, 2.05) is 45.2 Å². The molecule has 2 heterocycles. The maximum atomic E-state index is 12.9. The van der Waals surface area contributed by atoms with Gasteiger partial charge in [0.25, 0.3) is 11.1 Å². The van der Waals surface area contributed by atoms with Gasteiger partial charge in [-0.2, -0.15) is 0 Å². The average Bonchev–Trinajstić information content (AvgIpc) is 3.02. The van der Waals surface area contributed by atoms with Crippen LogP contribution in [0.5, 0.6) is 0 Å². The summed E-state index contributed by atoms with van der Waals surface area (Å²) in [6.07, 6.45) is 3.81. The van der Waals surface area contributed by atoms with Crippen LogP contribution in [0.4, 0.5) is 16.2 Å². The molecule has 2 aromatic rings. The minimum atomic E-state index is -0.506. The van der Waals surface area contributed by atoms with Crippen molar-refractivity contribution in [1.29, 1.82) is 0 Å². The molecule has 8 heteroatoms. The molecule has 0 radical (unpaired) electrons. The van der Waals surface area contributed by atoms with Gasteiger partial charge in [0, 0.05) is 29.0 Å². The number of thioether (sulfide) groups is 1. The van der Waals surface area contributed by atoms with E-state index in [-0.39, 0.29) is 17.0 Å². The Balaban J connectivity index is 1.55. The summed E-state index contributed by atoms with van der Waals surface area (Å²) >= 11 is 7.39. The van der Waals surface area contributed by atoms with Gasteiger partial charge < -0.3 is 10.2 Å². The third-order valence-corrected chi connectivity index (χ3v) is 7.37. The third-order valence-electron chi connectivity index (χ3n) is 6.13. The number of halogens is 1. The van der Waals surface area contributed by atoms with Crippen molar-refractivity contribution in [2.24, 2.45) is 0 Å². The summed E-state index contributed by atoms with van der Waals surface area (Å²) in [5.41, 5.74) is 5.32. The lowest BCUT2D eigenvalue weighted by molar-refractivity contribution is -0.127. The van der Waals surface area contributed by atoms with Gasteiger partial charge in [-0.1, -0.05) is 35.4 Å². The Morgan fingerprint density at radius 2 is 1.82 bits per heavy atom. The van der Waals surface area contributed by atoms with Crippen LogP contribution in [0, 0.1) is 6.92 Å². The predicted molar refractivity (Wildman–Crippen MR) is 140 cm³/mol. The Morgan fingerprint density at radius 1 is 1.15 bits per heavy atom. The van der Waals surface area contributed by atoms with Crippen LogP contribution in [0.1, 0.15) is 37.5 Å². The summed E-state index contributed by atoms with van der Waals surface area (Å²) in [6, 6.07) is 11.1. The van der Waals surface area contributed by atoms with Crippen LogP contribution in [0.2, 0.25) is 5.02 Å². The number of nitrogens with one attached hydrogen (secondary N) is 1. The van der Waals surface area contributed by atoms with E-state index in [2.05, 4.69) is 30.1 Å². The second-order valence-corrected chi connectivity index (χ2v) is 10.5. The van der Waals surface area contributed by atoms with Gasteiger partial charge in [-0.15, -0.1) is 0 Å². The van der Waals surface area contributed by atoms with E-state index in [9.17, 15) is 14.4 Å². The van der Waals surface area contributed by atoms with Gasteiger partial charge in [0.15, 0.2) is 0 Å². The van der Waals surface area contributed by atoms with Gasteiger partial charge in [-0.3, -0.25) is 19.3 Å². The summed E-state index contributed by atoms with van der Waals surface area (Å²) in [7, 11) is 2.02. The molecule has 1 saturated heterocycles. The van der Waals surface area contributed by atoms with Crippen molar-refractivity contribution < 1.29 is 14.4 Å². The zero-order valence-corrected chi connectivity index (χ0v) is 21.3. The van der Waals surface area contributed by atoms with E-state index < -0.39 is 17.1 Å². The number of hydrogen-bond acceptors (Lipinski definition) is 5. The molecule has 2 aliphatic rings. The van der Waals surface area contributed by atoms with Crippen LogP contribution in [-0.2, 0) is 9.59 Å². The molecule has 0 aliphatic carbocycles. The van der Waals surface area contributed by atoms with E-state index in [1.54, 1.807) is 18.2 Å². The van der Waals surface area contributed by atoms with Crippen molar-refractivity contribution in [3.63, 3.8) is 0 Å². The van der Waals surface area contributed by atoms with Gasteiger partial charge in [0.1, 0.15) is 6.54 Å². The number of rotatable bonds is 4. The van der Waals surface area contributed by atoms with Crippen molar-refractivity contribution in [2.45, 2.75) is 33.2 Å².